The molecule has 0 bridgehead atoms. The summed E-state index contributed by atoms with van der Waals surface area (Å²) in [6.07, 6.45) is 11.5. The Labute approximate surface area is 95.7 Å². The maximum atomic E-state index is 6.05. The lowest BCUT2D eigenvalue weighted by Crippen LogP contribution is -2.37. The van der Waals surface area contributed by atoms with E-state index >= 15 is 0 Å². The molecule has 0 atom stereocenters. The van der Waals surface area contributed by atoms with Crippen molar-refractivity contribution < 1.29 is 4.74 Å². The van der Waals surface area contributed by atoms with E-state index in [0.29, 0.717) is 11.5 Å². The van der Waals surface area contributed by atoms with Gasteiger partial charge >= 0.3 is 0 Å². The predicted molar refractivity (Wildman–Crippen MR) is 62.9 cm³/mol. The van der Waals surface area contributed by atoms with Crippen molar-refractivity contribution in [1.29, 1.82) is 0 Å². The zero-order valence-corrected chi connectivity index (χ0v) is 10.5. The van der Waals surface area contributed by atoms with Crippen molar-refractivity contribution in [2.45, 2.75) is 57.5 Å². The summed E-state index contributed by atoms with van der Waals surface area (Å²) in [5.74, 6) is 0. The zero-order valence-electron chi connectivity index (χ0n) is 8.93. The van der Waals surface area contributed by atoms with Crippen molar-refractivity contribution in [3.8, 4) is 0 Å². The summed E-state index contributed by atoms with van der Waals surface area (Å²) in [6.45, 7) is 1.00. The number of ether oxygens (including phenoxy) is 1. The molecule has 0 saturated heterocycles. The summed E-state index contributed by atoms with van der Waals surface area (Å²) in [5, 5.41) is 1.13. The highest BCUT2D eigenvalue weighted by Crippen LogP contribution is 2.43. The minimum atomic E-state index is 0.511. The van der Waals surface area contributed by atoms with Crippen LogP contribution in [0.2, 0.25) is 0 Å². The molecule has 0 spiro atoms. The third-order valence-electron chi connectivity index (χ3n) is 3.88. The maximum Gasteiger partial charge on any atom is 0.0575 e. The second kappa shape index (κ2) is 4.98. The third-order valence-corrected chi connectivity index (χ3v) is 5.06. The van der Waals surface area contributed by atoms with Crippen molar-refractivity contribution in [2.24, 2.45) is 5.41 Å². The fourth-order valence-corrected chi connectivity index (χ4v) is 3.24. The fraction of sp³-hybridized carbons (Fsp3) is 1.00. The average Bonchev–Trinajstić information content (AvgIpc) is 2.19. The minimum Gasteiger partial charge on any atom is -0.378 e. The molecule has 2 saturated carbocycles. The lowest BCUT2D eigenvalue weighted by atomic mass is 9.71. The van der Waals surface area contributed by atoms with Crippen LogP contribution in [0.3, 0.4) is 0 Å². The number of alkyl halides is 1. The van der Waals surface area contributed by atoms with Gasteiger partial charge in [-0.25, -0.2) is 0 Å². The molecular formula is C12H21BrO. The Balaban J connectivity index is 1.69. The molecule has 2 heteroatoms. The van der Waals surface area contributed by atoms with Gasteiger partial charge in [-0.1, -0.05) is 41.6 Å². The normalized spacial score (nSPS) is 27.2. The molecule has 0 aromatic carbocycles. The van der Waals surface area contributed by atoms with Gasteiger partial charge in [0.2, 0.25) is 0 Å². The minimum absolute atomic E-state index is 0.511. The van der Waals surface area contributed by atoms with E-state index in [2.05, 4.69) is 15.9 Å². The number of halogens is 1. The summed E-state index contributed by atoms with van der Waals surface area (Å²) in [5.41, 5.74) is 0.511. The summed E-state index contributed by atoms with van der Waals surface area (Å²) < 4.78 is 6.05. The molecule has 0 amide bonds. The molecule has 0 aromatic rings. The predicted octanol–water partition coefficient (Wildman–Crippen LogP) is 3.90. The lowest BCUT2D eigenvalue weighted by Gasteiger charge is -2.41. The van der Waals surface area contributed by atoms with Crippen molar-refractivity contribution in [3.05, 3.63) is 0 Å². The van der Waals surface area contributed by atoms with Crippen molar-refractivity contribution in [3.63, 3.8) is 0 Å². The van der Waals surface area contributed by atoms with E-state index in [1.165, 1.54) is 51.4 Å². The number of rotatable bonds is 4. The molecule has 14 heavy (non-hydrogen) atoms. The highest BCUT2D eigenvalue weighted by atomic mass is 79.9. The van der Waals surface area contributed by atoms with Crippen LogP contribution in [-0.4, -0.2) is 18.0 Å². The van der Waals surface area contributed by atoms with E-state index in [9.17, 15) is 0 Å². The average molecular weight is 261 g/mol. The van der Waals surface area contributed by atoms with Crippen LogP contribution in [0.25, 0.3) is 0 Å². The number of hydrogen-bond donors (Lipinski definition) is 0. The Kier molecular flexibility index (Phi) is 3.89. The second-order valence-electron chi connectivity index (χ2n) is 5.06. The molecule has 2 rings (SSSR count). The van der Waals surface area contributed by atoms with Crippen molar-refractivity contribution in [1.82, 2.24) is 0 Å². The van der Waals surface area contributed by atoms with E-state index in [0.717, 1.165) is 11.9 Å². The van der Waals surface area contributed by atoms with Gasteiger partial charge in [0.05, 0.1) is 12.7 Å². The Morgan fingerprint density at radius 3 is 2.29 bits per heavy atom. The van der Waals surface area contributed by atoms with E-state index < -0.39 is 0 Å². The van der Waals surface area contributed by atoms with Gasteiger partial charge in [0, 0.05) is 10.7 Å². The SMILES string of the molecule is BrCC1(COC2CCCCC2)CCC1. The Morgan fingerprint density at radius 1 is 1.07 bits per heavy atom. The first-order chi connectivity index (χ1) is 6.85. The summed E-state index contributed by atoms with van der Waals surface area (Å²) in [4.78, 5) is 0. The van der Waals surface area contributed by atoms with Crippen LogP contribution in [0.1, 0.15) is 51.4 Å². The molecule has 2 fully saturated rings. The zero-order chi connectivity index (χ0) is 9.86. The molecule has 0 unspecified atom stereocenters. The van der Waals surface area contributed by atoms with Crippen LogP contribution >= 0.6 is 15.9 Å². The van der Waals surface area contributed by atoms with Gasteiger partial charge in [0.15, 0.2) is 0 Å². The summed E-state index contributed by atoms with van der Waals surface area (Å²) >= 11 is 3.63. The van der Waals surface area contributed by atoms with Gasteiger partial charge in [0.25, 0.3) is 0 Å². The van der Waals surface area contributed by atoms with Gasteiger partial charge < -0.3 is 4.74 Å². The van der Waals surface area contributed by atoms with Crippen LogP contribution in [0.5, 0.6) is 0 Å². The van der Waals surface area contributed by atoms with Gasteiger partial charge in [-0.15, -0.1) is 0 Å². The van der Waals surface area contributed by atoms with Gasteiger partial charge in [0.1, 0.15) is 0 Å². The topological polar surface area (TPSA) is 9.23 Å². The molecule has 0 aromatic heterocycles. The van der Waals surface area contributed by atoms with Gasteiger partial charge in [-0.3, -0.25) is 0 Å². The molecule has 1 nitrogen and oxygen atoms in total. The summed E-state index contributed by atoms with van der Waals surface area (Å²) in [7, 11) is 0. The molecule has 0 heterocycles. The molecule has 0 N–H and O–H groups in total. The molecular weight excluding hydrogens is 240 g/mol. The van der Waals surface area contributed by atoms with E-state index in [4.69, 9.17) is 4.74 Å². The van der Waals surface area contributed by atoms with Crippen LogP contribution in [0.4, 0.5) is 0 Å². The van der Waals surface area contributed by atoms with E-state index in [-0.39, 0.29) is 0 Å². The molecule has 82 valence electrons. The molecule has 0 aliphatic heterocycles. The Hall–Kier alpha value is 0.440. The first kappa shape index (κ1) is 10.9. The van der Waals surface area contributed by atoms with Crippen molar-refractivity contribution >= 4 is 15.9 Å². The molecule has 2 aliphatic rings. The second-order valence-corrected chi connectivity index (χ2v) is 5.62. The van der Waals surface area contributed by atoms with Crippen LogP contribution in [0, 0.1) is 5.41 Å². The largest absolute Gasteiger partial charge is 0.378 e. The summed E-state index contributed by atoms with van der Waals surface area (Å²) in [6, 6.07) is 0. The van der Waals surface area contributed by atoms with Gasteiger partial charge in [-0.05, 0) is 25.7 Å². The highest BCUT2D eigenvalue weighted by molar-refractivity contribution is 9.09. The highest BCUT2D eigenvalue weighted by Gasteiger charge is 2.36. The smallest absolute Gasteiger partial charge is 0.0575 e. The first-order valence-electron chi connectivity index (χ1n) is 6.02. The van der Waals surface area contributed by atoms with Crippen LogP contribution in [-0.2, 0) is 4.74 Å². The van der Waals surface area contributed by atoms with Crippen LogP contribution < -0.4 is 0 Å². The maximum absolute atomic E-state index is 6.05. The standard InChI is InChI=1S/C12H21BrO/c13-9-12(7-4-8-12)10-14-11-5-2-1-3-6-11/h11H,1-10H2. The monoisotopic (exact) mass is 260 g/mol. The Morgan fingerprint density at radius 2 is 1.79 bits per heavy atom. The number of hydrogen-bond acceptors (Lipinski definition) is 1. The quantitative estimate of drug-likeness (QED) is 0.697. The van der Waals surface area contributed by atoms with Crippen LogP contribution in [0.15, 0.2) is 0 Å². The molecule has 0 radical (unpaired) electrons. The Bertz CT molecular complexity index is 166. The lowest BCUT2D eigenvalue weighted by molar-refractivity contribution is -0.0446. The fourth-order valence-electron chi connectivity index (χ4n) is 2.52. The van der Waals surface area contributed by atoms with E-state index in [1.54, 1.807) is 0 Å². The first-order valence-corrected chi connectivity index (χ1v) is 7.14. The molecule has 2 aliphatic carbocycles. The van der Waals surface area contributed by atoms with Gasteiger partial charge in [-0.2, -0.15) is 0 Å². The van der Waals surface area contributed by atoms with E-state index in [1.807, 2.05) is 0 Å². The third kappa shape index (κ3) is 2.52. The van der Waals surface area contributed by atoms with Crippen molar-refractivity contribution in [2.75, 3.05) is 11.9 Å².